The zero-order chi connectivity index (χ0) is 19.5. The van der Waals surface area contributed by atoms with Gasteiger partial charge in [0.25, 0.3) is 0 Å². The van der Waals surface area contributed by atoms with Crippen LogP contribution in [-0.2, 0) is 4.79 Å². The number of thiazole rings is 1. The van der Waals surface area contributed by atoms with Gasteiger partial charge in [0.1, 0.15) is 5.75 Å². The fourth-order valence-corrected chi connectivity index (χ4v) is 5.85. The van der Waals surface area contributed by atoms with Gasteiger partial charge >= 0.3 is 0 Å². The molecule has 0 radical (unpaired) electrons. The van der Waals surface area contributed by atoms with Crippen LogP contribution in [0, 0.1) is 5.92 Å². The van der Waals surface area contributed by atoms with Gasteiger partial charge in [-0.05, 0) is 36.8 Å². The van der Waals surface area contributed by atoms with Gasteiger partial charge in [-0.15, -0.1) is 10.2 Å². The summed E-state index contributed by atoms with van der Waals surface area (Å²) in [7, 11) is 1.67. The van der Waals surface area contributed by atoms with E-state index in [1.807, 2.05) is 18.2 Å². The number of fused-ring (bicyclic) bond motifs is 1. The van der Waals surface area contributed by atoms with Gasteiger partial charge in [0.05, 0.1) is 23.2 Å². The molecule has 1 atom stereocenters. The van der Waals surface area contributed by atoms with Crippen molar-refractivity contribution in [3.63, 3.8) is 0 Å². The molecule has 1 aliphatic rings. The molecule has 148 valence electrons. The van der Waals surface area contributed by atoms with E-state index in [-0.39, 0.29) is 11.8 Å². The summed E-state index contributed by atoms with van der Waals surface area (Å²) in [5, 5.41) is 12.6. The van der Waals surface area contributed by atoms with Crippen molar-refractivity contribution < 1.29 is 9.53 Å². The van der Waals surface area contributed by atoms with Crippen molar-refractivity contribution in [2.75, 3.05) is 36.2 Å². The molecule has 0 bridgehead atoms. The van der Waals surface area contributed by atoms with Crippen molar-refractivity contribution in [2.45, 2.75) is 24.1 Å². The zero-order valence-electron chi connectivity index (χ0n) is 15.7. The first-order chi connectivity index (χ1) is 13.7. The average Bonchev–Trinajstić information content (AvgIpc) is 3.34. The first kappa shape index (κ1) is 19.4. The van der Waals surface area contributed by atoms with E-state index in [2.05, 4.69) is 27.3 Å². The summed E-state index contributed by atoms with van der Waals surface area (Å²) in [6.07, 6.45) is 1.83. The summed E-state index contributed by atoms with van der Waals surface area (Å²) in [6, 6.07) is 5.90. The van der Waals surface area contributed by atoms with E-state index in [0.717, 1.165) is 50.6 Å². The lowest BCUT2D eigenvalue weighted by atomic mass is 9.98. The molecule has 0 spiro atoms. The van der Waals surface area contributed by atoms with Gasteiger partial charge < -0.3 is 15.0 Å². The van der Waals surface area contributed by atoms with Crippen LogP contribution < -0.4 is 15.0 Å². The number of aromatic nitrogens is 3. The number of benzene rings is 1. The number of methoxy groups -OCH3 is 1. The molecule has 3 aromatic rings. The molecule has 1 N–H and O–H groups in total. The molecule has 0 aliphatic carbocycles. The predicted molar refractivity (Wildman–Crippen MR) is 116 cm³/mol. The molecular weight excluding hydrogens is 414 g/mol. The first-order valence-electron chi connectivity index (χ1n) is 9.13. The highest BCUT2D eigenvalue weighted by Crippen LogP contribution is 2.34. The van der Waals surface area contributed by atoms with E-state index in [1.54, 1.807) is 30.2 Å². The molecule has 3 heterocycles. The number of anilines is 2. The minimum atomic E-state index is -0.0820. The number of ether oxygens (including phenoxy) is 1. The highest BCUT2D eigenvalue weighted by molar-refractivity contribution is 8.01. The van der Waals surface area contributed by atoms with Crippen molar-refractivity contribution in [1.82, 2.24) is 15.2 Å². The molecule has 10 heteroatoms. The largest absolute Gasteiger partial charge is 0.497 e. The maximum Gasteiger partial charge on any atom is 0.231 e. The van der Waals surface area contributed by atoms with Crippen molar-refractivity contribution in [1.29, 1.82) is 0 Å². The van der Waals surface area contributed by atoms with Gasteiger partial charge in [0.15, 0.2) is 9.47 Å². The fourth-order valence-electron chi connectivity index (χ4n) is 3.17. The van der Waals surface area contributed by atoms with Crippen LogP contribution in [0.4, 0.5) is 10.3 Å². The van der Waals surface area contributed by atoms with Crippen LogP contribution in [-0.4, -0.2) is 47.0 Å². The standard InChI is InChI=1S/C18H21N5O2S3/c1-3-26-18-22-21-16(28-18)20-15(24)11-5-4-8-23(10-11)17-19-13-7-6-12(25-2)9-14(13)27-17/h6-7,9,11H,3-5,8,10H2,1-2H3,(H,20,21,24). The first-order valence-corrected chi connectivity index (χ1v) is 11.7. The number of thioether (sulfide) groups is 1. The van der Waals surface area contributed by atoms with E-state index in [0.29, 0.717) is 11.7 Å². The number of piperidine rings is 1. The molecule has 28 heavy (non-hydrogen) atoms. The maximum absolute atomic E-state index is 12.7. The van der Waals surface area contributed by atoms with Gasteiger partial charge in [-0.3, -0.25) is 4.79 Å². The lowest BCUT2D eigenvalue weighted by Crippen LogP contribution is -2.40. The molecule has 2 aromatic heterocycles. The second kappa shape index (κ2) is 8.62. The van der Waals surface area contributed by atoms with Crippen molar-refractivity contribution in [3.8, 4) is 5.75 Å². The lowest BCUT2D eigenvalue weighted by Gasteiger charge is -2.31. The quantitative estimate of drug-likeness (QED) is 0.461. The Hall–Kier alpha value is -1.91. The minimum Gasteiger partial charge on any atom is -0.497 e. The molecule has 1 aromatic carbocycles. The molecule has 7 nitrogen and oxygen atoms in total. The monoisotopic (exact) mass is 435 g/mol. The van der Waals surface area contributed by atoms with Crippen LogP contribution >= 0.6 is 34.4 Å². The normalized spacial score (nSPS) is 17.1. The third-order valence-electron chi connectivity index (χ3n) is 4.55. The Morgan fingerprint density at radius 1 is 1.39 bits per heavy atom. The Morgan fingerprint density at radius 2 is 2.29 bits per heavy atom. The van der Waals surface area contributed by atoms with E-state index in [1.165, 1.54) is 11.3 Å². The topological polar surface area (TPSA) is 80.2 Å². The Balaban J connectivity index is 1.44. The number of nitrogens with zero attached hydrogens (tertiary/aromatic N) is 4. The van der Waals surface area contributed by atoms with Crippen LogP contribution in [0.5, 0.6) is 5.75 Å². The van der Waals surface area contributed by atoms with Gasteiger partial charge in [-0.1, -0.05) is 41.4 Å². The summed E-state index contributed by atoms with van der Waals surface area (Å²) in [4.78, 5) is 19.7. The van der Waals surface area contributed by atoms with Gasteiger partial charge in [-0.2, -0.15) is 0 Å². The molecular formula is C18H21N5O2S3. The Bertz CT molecular complexity index is 973. The van der Waals surface area contributed by atoms with Crippen LogP contribution in [0.2, 0.25) is 0 Å². The number of hydrogen-bond donors (Lipinski definition) is 1. The van der Waals surface area contributed by atoms with E-state index in [4.69, 9.17) is 9.72 Å². The Morgan fingerprint density at radius 3 is 3.11 bits per heavy atom. The number of rotatable bonds is 6. The lowest BCUT2D eigenvalue weighted by molar-refractivity contribution is -0.120. The number of carbonyl (C=O) groups excluding carboxylic acids is 1. The summed E-state index contributed by atoms with van der Waals surface area (Å²) < 4.78 is 7.28. The van der Waals surface area contributed by atoms with Crippen LogP contribution in [0.1, 0.15) is 19.8 Å². The SMILES string of the molecule is CCSc1nnc(NC(=O)C2CCCN(c3nc4ccc(OC)cc4s3)C2)s1. The van der Waals surface area contributed by atoms with Crippen LogP contribution in [0.25, 0.3) is 10.2 Å². The predicted octanol–water partition coefficient (Wildman–Crippen LogP) is 4.12. The molecule has 0 saturated carbocycles. The Kier molecular flexibility index (Phi) is 5.98. The molecule has 1 unspecified atom stereocenters. The third-order valence-corrected chi connectivity index (χ3v) is 7.48. The van der Waals surface area contributed by atoms with Crippen molar-refractivity contribution >= 4 is 60.8 Å². The van der Waals surface area contributed by atoms with E-state index in [9.17, 15) is 4.79 Å². The summed E-state index contributed by atoms with van der Waals surface area (Å²) in [5.41, 5.74) is 0.960. The zero-order valence-corrected chi connectivity index (χ0v) is 18.1. The van der Waals surface area contributed by atoms with Crippen LogP contribution in [0.15, 0.2) is 22.5 Å². The maximum atomic E-state index is 12.7. The van der Waals surface area contributed by atoms with Gasteiger partial charge in [-0.25, -0.2) is 4.98 Å². The second-order valence-corrected chi connectivity index (χ2v) is 9.91. The minimum absolute atomic E-state index is 0.0108. The molecule has 4 rings (SSSR count). The van der Waals surface area contributed by atoms with Crippen molar-refractivity contribution in [3.05, 3.63) is 18.2 Å². The average molecular weight is 436 g/mol. The molecule has 1 fully saturated rings. The second-order valence-electron chi connectivity index (χ2n) is 6.41. The number of carbonyl (C=O) groups is 1. The number of hydrogen-bond acceptors (Lipinski definition) is 9. The summed E-state index contributed by atoms with van der Waals surface area (Å²) in [5.74, 6) is 1.70. The fraction of sp³-hybridized carbons (Fsp3) is 0.444. The molecule has 1 saturated heterocycles. The number of amides is 1. The van der Waals surface area contributed by atoms with Crippen LogP contribution in [0.3, 0.4) is 0 Å². The summed E-state index contributed by atoms with van der Waals surface area (Å²) in [6.45, 7) is 3.65. The van der Waals surface area contributed by atoms with E-state index >= 15 is 0 Å². The highest BCUT2D eigenvalue weighted by Gasteiger charge is 2.28. The third kappa shape index (κ3) is 4.23. The van der Waals surface area contributed by atoms with Gasteiger partial charge in [0.2, 0.25) is 11.0 Å². The van der Waals surface area contributed by atoms with E-state index < -0.39 is 0 Å². The summed E-state index contributed by atoms with van der Waals surface area (Å²) >= 11 is 4.70. The Labute approximate surface area is 175 Å². The van der Waals surface area contributed by atoms with Crippen molar-refractivity contribution in [2.24, 2.45) is 5.92 Å². The highest BCUT2D eigenvalue weighted by atomic mass is 32.2. The molecule has 1 amide bonds. The van der Waals surface area contributed by atoms with Gasteiger partial charge in [0, 0.05) is 13.1 Å². The smallest absolute Gasteiger partial charge is 0.231 e. The molecule has 1 aliphatic heterocycles. The number of nitrogens with one attached hydrogen (secondary N) is 1.